The standard InChI is InChI=1S/C16H17N3O6/c17-14-10(15(22)24-9-4-2-1-3-5-9)7-19(16(23)18-14)13-6-11(21)12(8-20)25-13/h1-5,7,11-13,20-21H,6,8H2,(H2,17,18,23)/t11-,12+,13+/m1/s1. The molecule has 9 nitrogen and oxygen atoms in total. The van der Waals surface area contributed by atoms with Crippen molar-refractivity contribution in [2.45, 2.75) is 24.9 Å². The van der Waals surface area contributed by atoms with Crippen molar-refractivity contribution < 1.29 is 24.5 Å². The molecular formula is C16H17N3O6. The Labute approximate surface area is 142 Å². The summed E-state index contributed by atoms with van der Waals surface area (Å²) in [5.74, 6) is -0.723. The first-order valence-corrected chi connectivity index (χ1v) is 7.60. The van der Waals surface area contributed by atoms with Crippen LogP contribution >= 0.6 is 0 Å². The summed E-state index contributed by atoms with van der Waals surface area (Å²) in [6.45, 7) is -0.391. The van der Waals surface area contributed by atoms with E-state index < -0.39 is 36.7 Å². The van der Waals surface area contributed by atoms with Crippen LogP contribution < -0.4 is 16.2 Å². The number of hydrogen-bond acceptors (Lipinski definition) is 8. The van der Waals surface area contributed by atoms with E-state index in [1.54, 1.807) is 30.3 Å². The number of carbonyl (C=O) groups excluding carboxylic acids is 1. The van der Waals surface area contributed by atoms with Gasteiger partial charge in [0.15, 0.2) is 0 Å². The predicted octanol–water partition coefficient (Wildman–Crippen LogP) is -0.315. The number of para-hydroxylation sites is 1. The Morgan fingerprint density at radius 2 is 2.12 bits per heavy atom. The monoisotopic (exact) mass is 347 g/mol. The largest absolute Gasteiger partial charge is 0.423 e. The van der Waals surface area contributed by atoms with Gasteiger partial charge in [0.2, 0.25) is 0 Å². The van der Waals surface area contributed by atoms with Gasteiger partial charge in [-0.05, 0) is 12.1 Å². The first-order chi connectivity index (χ1) is 12.0. The van der Waals surface area contributed by atoms with Gasteiger partial charge < -0.3 is 25.4 Å². The molecule has 25 heavy (non-hydrogen) atoms. The van der Waals surface area contributed by atoms with Crippen LogP contribution in [0, 0.1) is 0 Å². The number of aromatic nitrogens is 2. The molecular weight excluding hydrogens is 330 g/mol. The first kappa shape index (κ1) is 17.1. The summed E-state index contributed by atoms with van der Waals surface area (Å²) in [7, 11) is 0. The number of nitrogens with zero attached hydrogens (tertiary/aromatic N) is 2. The predicted molar refractivity (Wildman–Crippen MR) is 85.9 cm³/mol. The third kappa shape index (κ3) is 3.53. The topological polar surface area (TPSA) is 137 Å². The normalized spacial score (nSPS) is 22.7. The molecule has 0 bridgehead atoms. The van der Waals surface area contributed by atoms with E-state index in [1.807, 2.05) is 0 Å². The van der Waals surface area contributed by atoms with Crippen LogP contribution in [0.1, 0.15) is 23.0 Å². The smallest absolute Gasteiger partial charge is 0.351 e. The highest BCUT2D eigenvalue weighted by Crippen LogP contribution is 2.28. The first-order valence-electron chi connectivity index (χ1n) is 7.60. The number of carbonyl (C=O) groups is 1. The number of hydrogen-bond donors (Lipinski definition) is 3. The minimum Gasteiger partial charge on any atom is -0.423 e. The van der Waals surface area contributed by atoms with Gasteiger partial charge in [0.1, 0.15) is 29.5 Å². The van der Waals surface area contributed by atoms with E-state index in [2.05, 4.69) is 4.98 Å². The van der Waals surface area contributed by atoms with Gasteiger partial charge in [0.05, 0.1) is 12.7 Å². The van der Waals surface area contributed by atoms with Crippen molar-refractivity contribution in [3.05, 3.63) is 52.6 Å². The van der Waals surface area contributed by atoms with Crippen LogP contribution in [0.5, 0.6) is 5.75 Å². The van der Waals surface area contributed by atoms with Crippen molar-refractivity contribution in [1.82, 2.24) is 9.55 Å². The van der Waals surface area contributed by atoms with Crippen molar-refractivity contribution >= 4 is 11.8 Å². The van der Waals surface area contributed by atoms with Crippen molar-refractivity contribution in [3.63, 3.8) is 0 Å². The van der Waals surface area contributed by atoms with Gasteiger partial charge in [-0.2, -0.15) is 4.98 Å². The van der Waals surface area contributed by atoms with E-state index in [-0.39, 0.29) is 17.8 Å². The Balaban J connectivity index is 1.88. The fourth-order valence-electron chi connectivity index (χ4n) is 2.55. The van der Waals surface area contributed by atoms with Crippen molar-refractivity contribution in [3.8, 4) is 5.75 Å². The van der Waals surface area contributed by atoms with Crippen LogP contribution in [0.4, 0.5) is 5.82 Å². The molecule has 2 aromatic rings. The van der Waals surface area contributed by atoms with Gasteiger partial charge >= 0.3 is 11.7 Å². The lowest BCUT2D eigenvalue weighted by molar-refractivity contribution is -0.0459. The number of nitrogens with two attached hydrogens (primary N) is 1. The number of benzene rings is 1. The molecule has 0 radical (unpaired) electrons. The van der Waals surface area contributed by atoms with E-state index >= 15 is 0 Å². The molecule has 0 spiro atoms. The van der Waals surface area contributed by atoms with Crippen molar-refractivity contribution in [2.24, 2.45) is 0 Å². The maximum absolute atomic E-state index is 12.3. The lowest BCUT2D eigenvalue weighted by atomic mass is 10.2. The van der Waals surface area contributed by atoms with Crippen molar-refractivity contribution in [1.29, 1.82) is 0 Å². The maximum atomic E-state index is 12.3. The lowest BCUT2D eigenvalue weighted by Gasteiger charge is -2.15. The number of aliphatic hydroxyl groups is 2. The molecule has 1 aromatic heterocycles. The number of esters is 1. The van der Waals surface area contributed by atoms with E-state index in [0.29, 0.717) is 5.75 Å². The van der Waals surface area contributed by atoms with E-state index in [0.717, 1.165) is 4.57 Å². The van der Waals surface area contributed by atoms with Gasteiger partial charge in [-0.15, -0.1) is 0 Å². The molecule has 1 aliphatic rings. The molecule has 1 aliphatic heterocycles. The van der Waals surface area contributed by atoms with Crippen LogP contribution in [0.3, 0.4) is 0 Å². The van der Waals surface area contributed by atoms with Gasteiger partial charge in [-0.25, -0.2) is 9.59 Å². The molecule has 9 heteroatoms. The zero-order chi connectivity index (χ0) is 18.0. The molecule has 0 aliphatic carbocycles. The molecule has 4 N–H and O–H groups in total. The molecule has 3 rings (SSSR count). The van der Waals surface area contributed by atoms with Gasteiger partial charge in [0, 0.05) is 12.6 Å². The van der Waals surface area contributed by atoms with Crippen molar-refractivity contribution in [2.75, 3.05) is 12.3 Å². The SMILES string of the molecule is Nc1nc(=O)n([C@@H]2C[C@@H](O)[C@H](CO)O2)cc1C(=O)Oc1ccccc1. The third-order valence-electron chi connectivity index (χ3n) is 3.85. The molecule has 132 valence electrons. The minimum absolute atomic E-state index is 0.0733. The number of ether oxygens (including phenoxy) is 2. The molecule has 1 aromatic carbocycles. The Morgan fingerprint density at radius 3 is 2.76 bits per heavy atom. The quantitative estimate of drug-likeness (QED) is 0.506. The third-order valence-corrected chi connectivity index (χ3v) is 3.85. The summed E-state index contributed by atoms with van der Waals surface area (Å²) in [4.78, 5) is 28.0. The zero-order valence-corrected chi connectivity index (χ0v) is 13.1. The summed E-state index contributed by atoms with van der Waals surface area (Å²) >= 11 is 0. The molecule has 0 amide bonds. The Bertz CT molecular complexity index is 822. The molecule has 1 saturated heterocycles. The zero-order valence-electron chi connectivity index (χ0n) is 13.1. The maximum Gasteiger partial charge on any atom is 0.351 e. The van der Waals surface area contributed by atoms with Crippen LogP contribution in [0.25, 0.3) is 0 Å². The highest BCUT2D eigenvalue weighted by molar-refractivity contribution is 5.95. The molecule has 2 heterocycles. The number of rotatable bonds is 4. The number of aliphatic hydroxyl groups excluding tert-OH is 2. The summed E-state index contributed by atoms with van der Waals surface area (Å²) < 4.78 is 11.7. The Hall–Kier alpha value is -2.75. The van der Waals surface area contributed by atoms with E-state index in [1.165, 1.54) is 6.20 Å². The highest BCUT2D eigenvalue weighted by atomic mass is 16.5. The van der Waals surface area contributed by atoms with Crippen LogP contribution in [-0.2, 0) is 4.74 Å². The summed E-state index contributed by atoms with van der Waals surface area (Å²) in [5, 5.41) is 18.9. The summed E-state index contributed by atoms with van der Waals surface area (Å²) in [6, 6.07) is 8.37. The Kier molecular flexibility index (Phi) is 4.79. The average molecular weight is 347 g/mol. The van der Waals surface area contributed by atoms with Gasteiger partial charge in [0.25, 0.3) is 0 Å². The molecule has 1 fully saturated rings. The lowest BCUT2D eigenvalue weighted by Crippen LogP contribution is -2.30. The Morgan fingerprint density at radius 1 is 1.40 bits per heavy atom. The number of nitrogen functional groups attached to an aromatic ring is 1. The summed E-state index contributed by atoms with van der Waals surface area (Å²) in [6.07, 6.45) is -1.35. The van der Waals surface area contributed by atoms with E-state index in [4.69, 9.17) is 20.3 Å². The fourth-order valence-corrected chi connectivity index (χ4v) is 2.55. The molecule has 0 unspecified atom stereocenters. The van der Waals surface area contributed by atoms with Gasteiger partial charge in [-0.1, -0.05) is 18.2 Å². The minimum atomic E-state index is -0.931. The van der Waals surface area contributed by atoms with Gasteiger partial charge in [-0.3, -0.25) is 4.57 Å². The second-order valence-electron chi connectivity index (χ2n) is 5.55. The van der Waals surface area contributed by atoms with Crippen LogP contribution in [-0.4, -0.2) is 44.5 Å². The second kappa shape index (κ2) is 7.01. The number of anilines is 1. The highest BCUT2D eigenvalue weighted by Gasteiger charge is 2.35. The van der Waals surface area contributed by atoms with Crippen LogP contribution in [0.2, 0.25) is 0 Å². The van der Waals surface area contributed by atoms with Crippen LogP contribution in [0.15, 0.2) is 41.3 Å². The fraction of sp³-hybridized carbons (Fsp3) is 0.312. The molecule has 3 atom stereocenters. The molecule has 0 saturated carbocycles. The van der Waals surface area contributed by atoms with E-state index in [9.17, 15) is 14.7 Å². The average Bonchev–Trinajstić information content (AvgIpc) is 2.96. The second-order valence-corrected chi connectivity index (χ2v) is 5.55. The summed E-state index contributed by atoms with van der Waals surface area (Å²) in [5.41, 5.74) is 4.83.